The van der Waals surface area contributed by atoms with Crippen molar-refractivity contribution in [2.75, 3.05) is 6.54 Å². The molecule has 0 saturated heterocycles. The molecule has 0 atom stereocenters. The van der Waals surface area contributed by atoms with Crippen molar-refractivity contribution >= 4 is 27.7 Å². The molecule has 1 rings (SSSR count). The Balaban J connectivity index is 2.80. The van der Waals surface area contributed by atoms with Crippen LogP contribution in [0.2, 0.25) is 0 Å². The molecule has 0 radical (unpaired) electrons. The van der Waals surface area contributed by atoms with Gasteiger partial charge in [-0.1, -0.05) is 12.1 Å². The Labute approximate surface area is 87.8 Å². The first-order chi connectivity index (χ1) is 6.05. The van der Waals surface area contributed by atoms with E-state index < -0.39 is 11.8 Å². The van der Waals surface area contributed by atoms with Gasteiger partial charge < -0.3 is 5.73 Å². The Hall–Kier alpha value is -0.130. The van der Waals surface area contributed by atoms with E-state index in [9.17, 15) is 8.78 Å². The highest BCUT2D eigenvalue weighted by Gasteiger charge is 2.28. The summed E-state index contributed by atoms with van der Waals surface area (Å²) in [5.41, 5.74) is 4.92. The van der Waals surface area contributed by atoms with E-state index in [1.807, 2.05) is 0 Å². The average Bonchev–Trinajstić information content (AvgIpc) is 2.09. The van der Waals surface area contributed by atoms with Crippen molar-refractivity contribution < 1.29 is 8.78 Å². The van der Waals surface area contributed by atoms with Crippen LogP contribution >= 0.6 is 27.7 Å². The Bertz CT molecular complexity index is 293. The molecule has 0 aliphatic heterocycles. The molecule has 0 aromatic heterocycles. The molecule has 1 nitrogen and oxygen atoms in total. The predicted octanol–water partition coefficient (Wildman–Crippen LogP) is 3.09. The predicted molar refractivity (Wildman–Crippen MR) is 54.0 cm³/mol. The van der Waals surface area contributed by atoms with Gasteiger partial charge in [0.25, 0.3) is 0 Å². The van der Waals surface area contributed by atoms with Crippen molar-refractivity contribution in [1.82, 2.24) is 0 Å². The van der Waals surface area contributed by atoms with Gasteiger partial charge in [-0.05, 0) is 39.8 Å². The van der Waals surface area contributed by atoms with Crippen LogP contribution in [0.1, 0.15) is 0 Å². The Morgan fingerprint density at radius 1 is 1.38 bits per heavy atom. The number of benzene rings is 1. The average molecular weight is 268 g/mol. The molecule has 0 saturated carbocycles. The number of alkyl halides is 2. The highest BCUT2D eigenvalue weighted by Crippen LogP contribution is 2.38. The summed E-state index contributed by atoms with van der Waals surface area (Å²) in [6.07, 6.45) is 0. The van der Waals surface area contributed by atoms with Gasteiger partial charge in [0.15, 0.2) is 0 Å². The lowest BCUT2D eigenvalue weighted by Gasteiger charge is -2.13. The zero-order valence-corrected chi connectivity index (χ0v) is 9.04. The van der Waals surface area contributed by atoms with Crippen LogP contribution in [-0.4, -0.2) is 11.8 Å². The Morgan fingerprint density at radius 3 is 2.54 bits per heavy atom. The fourth-order valence-electron chi connectivity index (χ4n) is 0.730. The van der Waals surface area contributed by atoms with E-state index in [1.54, 1.807) is 24.3 Å². The summed E-state index contributed by atoms with van der Waals surface area (Å²) in [4.78, 5) is 0.498. The molecular formula is C8H8BrF2NS. The van der Waals surface area contributed by atoms with Crippen molar-refractivity contribution in [3.05, 3.63) is 28.7 Å². The molecule has 5 heteroatoms. The van der Waals surface area contributed by atoms with Crippen molar-refractivity contribution in [3.63, 3.8) is 0 Å². The molecule has 0 spiro atoms. The highest BCUT2D eigenvalue weighted by molar-refractivity contribution is 9.10. The molecule has 2 N–H and O–H groups in total. The smallest absolute Gasteiger partial charge is 0.310 e. The van der Waals surface area contributed by atoms with Crippen LogP contribution in [0, 0.1) is 0 Å². The number of thioether (sulfide) groups is 1. The zero-order chi connectivity index (χ0) is 9.90. The second-order valence-corrected chi connectivity index (χ2v) is 4.47. The molecule has 72 valence electrons. The summed E-state index contributed by atoms with van der Waals surface area (Å²) < 4.78 is 26.3. The molecule has 0 bridgehead atoms. The minimum absolute atomic E-state index is 0.467. The lowest BCUT2D eigenvalue weighted by molar-refractivity contribution is 0.116. The maximum Gasteiger partial charge on any atom is 0.310 e. The van der Waals surface area contributed by atoms with E-state index >= 15 is 0 Å². The largest absolute Gasteiger partial charge is 0.324 e. The van der Waals surface area contributed by atoms with Gasteiger partial charge in [0, 0.05) is 9.37 Å². The minimum Gasteiger partial charge on any atom is -0.324 e. The Morgan fingerprint density at radius 2 is 2.00 bits per heavy atom. The summed E-state index contributed by atoms with van der Waals surface area (Å²) in [6, 6.07) is 6.82. The van der Waals surface area contributed by atoms with E-state index in [1.165, 1.54) is 0 Å². The first-order valence-corrected chi connectivity index (χ1v) is 5.17. The summed E-state index contributed by atoms with van der Waals surface area (Å²) in [5.74, 6) is 0. The quantitative estimate of drug-likeness (QED) is 0.852. The van der Waals surface area contributed by atoms with E-state index in [4.69, 9.17) is 5.73 Å². The number of hydrogen-bond donors (Lipinski definition) is 1. The second-order valence-electron chi connectivity index (χ2n) is 2.37. The van der Waals surface area contributed by atoms with Gasteiger partial charge in [0.1, 0.15) is 0 Å². The summed E-state index contributed by atoms with van der Waals surface area (Å²) in [5, 5.41) is -2.90. The number of nitrogens with two attached hydrogens (primary N) is 1. The third kappa shape index (κ3) is 3.25. The van der Waals surface area contributed by atoms with Crippen LogP contribution in [0.4, 0.5) is 8.78 Å². The van der Waals surface area contributed by atoms with Gasteiger partial charge in [-0.2, -0.15) is 8.78 Å². The summed E-state index contributed by atoms with van der Waals surface area (Å²) in [6.45, 7) is -0.654. The molecular weight excluding hydrogens is 260 g/mol. The van der Waals surface area contributed by atoms with E-state index in [-0.39, 0.29) is 0 Å². The summed E-state index contributed by atoms with van der Waals surface area (Å²) in [7, 11) is 0. The van der Waals surface area contributed by atoms with Crippen molar-refractivity contribution in [1.29, 1.82) is 0 Å². The monoisotopic (exact) mass is 267 g/mol. The maximum atomic E-state index is 12.8. The van der Waals surface area contributed by atoms with Crippen LogP contribution < -0.4 is 5.73 Å². The summed E-state index contributed by atoms with van der Waals surface area (Å²) >= 11 is 3.65. The zero-order valence-electron chi connectivity index (χ0n) is 6.64. The lowest BCUT2D eigenvalue weighted by Crippen LogP contribution is -2.23. The first kappa shape index (κ1) is 10.9. The van der Waals surface area contributed by atoms with Gasteiger partial charge in [0.2, 0.25) is 0 Å². The standard InChI is InChI=1S/C8H8BrF2NS/c9-6-3-1-2-4-7(6)13-8(10,11)5-12/h1-4H,5,12H2. The first-order valence-electron chi connectivity index (χ1n) is 3.56. The number of hydrogen-bond acceptors (Lipinski definition) is 2. The minimum atomic E-state index is -2.90. The molecule has 0 heterocycles. The number of halogens is 3. The van der Waals surface area contributed by atoms with Crippen molar-refractivity contribution in [2.24, 2.45) is 5.73 Å². The normalized spacial score (nSPS) is 11.7. The van der Waals surface area contributed by atoms with Crippen LogP contribution in [0.15, 0.2) is 33.6 Å². The SMILES string of the molecule is NCC(F)(F)Sc1ccccc1Br. The lowest BCUT2D eigenvalue weighted by atomic mass is 10.4. The van der Waals surface area contributed by atoms with E-state index in [0.717, 1.165) is 0 Å². The fraction of sp³-hybridized carbons (Fsp3) is 0.250. The van der Waals surface area contributed by atoms with Crippen LogP contribution in [-0.2, 0) is 0 Å². The van der Waals surface area contributed by atoms with Gasteiger partial charge >= 0.3 is 5.25 Å². The third-order valence-corrected chi connectivity index (χ3v) is 3.33. The second kappa shape index (κ2) is 4.39. The molecule has 0 aliphatic carbocycles. The third-order valence-electron chi connectivity index (χ3n) is 1.33. The molecule has 1 aromatic rings. The number of rotatable bonds is 3. The van der Waals surface area contributed by atoms with E-state index in [0.29, 0.717) is 21.1 Å². The van der Waals surface area contributed by atoms with Gasteiger partial charge in [-0.3, -0.25) is 0 Å². The van der Waals surface area contributed by atoms with Crippen LogP contribution in [0.25, 0.3) is 0 Å². The van der Waals surface area contributed by atoms with Gasteiger partial charge in [0.05, 0.1) is 6.54 Å². The van der Waals surface area contributed by atoms with Crippen molar-refractivity contribution in [3.8, 4) is 0 Å². The topological polar surface area (TPSA) is 26.0 Å². The highest BCUT2D eigenvalue weighted by atomic mass is 79.9. The maximum absolute atomic E-state index is 12.8. The molecule has 0 amide bonds. The molecule has 0 unspecified atom stereocenters. The molecule has 13 heavy (non-hydrogen) atoms. The van der Waals surface area contributed by atoms with Gasteiger partial charge in [-0.25, -0.2) is 0 Å². The van der Waals surface area contributed by atoms with E-state index in [2.05, 4.69) is 15.9 Å². The van der Waals surface area contributed by atoms with Crippen LogP contribution in [0.5, 0.6) is 0 Å². The molecule has 0 fully saturated rings. The fourth-order valence-corrected chi connectivity index (χ4v) is 1.97. The van der Waals surface area contributed by atoms with Crippen molar-refractivity contribution in [2.45, 2.75) is 10.2 Å². The molecule has 0 aliphatic rings. The van der Waals surface area contributed by atoms with Gasteiger partial charge in [-0.15, -0.1) is 0 Å². The molecule has 1 aromatic carbocycles. The van der Waals surface area contributed by atoms with Crippen LogP contribution in [0.3, 0.4) is 0 Å². The Kier molecular flexibility index (Phi) is 3.70.